The molecule has 29 heavy (non-hydrogen) atoms. The van der Waals surface area contributed by atoms with Crippen LogP contribution in [0, 0.1) is 0 Å². The van der Waals surface area contributed by atoms with E-state index in [4.69, 9.17) is 14.2 Å². The topological polar surface area (TPSA) is 111 Å². The first kappa shape index (κ1) is 20.1. The highest BCUT2D eigenvalue weighted by Crippen LogP contribution is 2.30. The molecule has 3 aromatic rings. The minimum Gasteiger partial charge on any atom is -0.497 e. The number of carbonyl (C=O) groups is 1. The van der Waals surface area contributed by atoms with Gasteiger partial charge in [-0.25, -0.2) is 0 Å². The van der Waals surface area contributed by atoms with Gasteiger partial charge in [0, 0.05) is 0 Å². The lowest BCUT2D eigenvalue weighted by Crippen LogP contribution is -2.24. The second kappa shape index (κ2) is 9.54. The largest absolute Gasteiger partial charge is 0.497 e. The molecule has 0 aliphatic carbocycles. The molecule has 1 aromatic heterocycles. The summed E-state index contributed by atoms with van der Waals surface area (Å²) in [4.78, 5) is 13.2. The third-order valence-electron chi connectivity index (χ3n) is 4.35. The maximum atomic E-state index is 13.2. The van der Waals surface area contributed by atoms with Crippen molar-refractivity contribution in [3.8, 4) is 17.2 Å². The van der Waals surface area contributed by atoms with E-state index in [-0.39, 0.29) is 11.7 Å². The number of carbonyl (C=O) groups excluding carboxylic acids is 1. The minimum absolute atomic E-state index is 0.279. The Hall–Kier alpha value is -3.62. The zero-order chi connectivity index (χ0) is 20.6. The van der Waals surface area contributed by atoms with E-state index in [1.54, 1.807) is 38.5 Å². The third kappa shape index (κ3) is 4.81. The van der Waals surface area contributed by atoms with Crippen LogP contribution in [-0.2, 0) is 11.2 Å². The number of nitrogens with one attached hydrogen (secondary N) is 2. The van der Waals surface area contributed by atoms with Crippen molar-refractivity contribution in [1.29, 1.82) is 0 Å². The summed E-state index contributed by atoms with van der Waals surface area (Å²) in [6, 6.07) is 12.7. The summed E-state index contributed by atoms with van der Waals surface area (Å²) in [6.07, 6.45) is 0.294. The van der Waals surface area contributed by atoms with Gasteiger partial charge in [0.15, 0.2) is 5.82 Å². The van der Waals surface area contributed by atoms with Crippen LogP contribution < -0.4 is 19.5 Å². The average Bonchev–Trinajstić information content (AvgIpc) is 3.27. The molecule has 1 amide bonds. The van der Waals surface area contributed by atoms with Gasteiger partial charge in [-0.15, -0.1) is 10.2 Å². The lowest BCUT2D eigenvalue weighted by atomic mass is 9.96. The quantitative estimate of drug-likeness (QED) is 0.571. The second-order valence-electron chi connectivity index (χ2n) is 6.12. The smallest absolute Gasteiger partial charge is 0.235 e. The van der Waals surface area contributed by atoms with Gasteiger partial charge < -0.3 is 19.5 Å². The van der Waals surface area contributed by atoms with E-state index in [0.29, 0.717) is 36.0 Å². The Kier molecular flexibility index (Phi) is 6.62. The Morgan fingerprint density at radius 3 is 2.66 bits per heavy atom. The molecular weight excluding hydrogens is 374 g/mol. The van der Waals surface area contributed by atoms with Crippen molar-refractivity contribution in [2.45, 2.75) is 19.3 Å². The van der Waals surface area contributed by atoms with Gasteiger partial charge >= 0.3 is 0 Å². The first-order valence-corrected chi connectivity index (χ1v) is 9.13. The summed E-state index contributed by atoms with van der Waals surface area (Å²) >= 11 is 0. The lowest BCUT2D eigenvalue weighted by Gasteiger charge is -2.17. The fourth-order valence-electron chi connectivity index (χ4n) is 2.95. The predicted octanol–water partition coefficient (Wildman–Crippen LogP) is 2.58. The number of methoxy groups -OCH3 is 2. The van der Waals surface area contributed by atoms with E-state index < -0.39 is 5.92 Å². The highest BCUT2D eigenvalue weighted by molar-refractivity contribution is 5.96. The van der Waals surface area contributed by atoms with Crippen LogP contribution in [0.4, 0.5) is 5.69 Å². The first-order valence-electron chi connectivity index (χ1n) is 9.13. The Balaban J connectivity index is 1.90. The zero-order valence-electron chi connectivity index (χ0n) is 16.5. The van der Waals surface area contributed by atoms with Crippen molar-refractivity contribution in [1.82, 2.24) is 20.6 Å². The molecule has 0 saturated carbocycles. The van der Waals surface area contributed by atoms with E-state index >= 15 is 0 Å². The number of tetrazole rings is 1. The summed E-state index contributed by atoms with van der Waals surface area (Å²) in [5.41, 5.74) is 1.36. The number of anilines is 1. The number of nitrogens with zero attached hydrogens (tertiary/aromatic N) is 3. The van der Waals surface area contributed by atoms with Gasteiger partial charge in [-0.1, -0.05) is 17.3 Å². The fourth-order valence-corrected chi connectivity index (χ4v) is 2.95. The van der Waals surface area contributed by atoms with Crippen LogP contribution >= 0.6 is 0 Å². The van der Waals surface area contributed by atoms with Crippen LogP contribution in [0.2, 0.25) is 0 Å². The molecule has 0 fully saturated rings. The molecule has 3 rings (SSSR count). The summed E-state index contributed by atoms with van der Waals surface area (Å²) in [5, 5.41) is 17.0. The number of benzene rings is 2. The average molecular weight is 397 g/mol. The zero-order valence-corrected chi connectivity index (χ0v) is 16.5. The summed E-state index contributed by atoms with van der Waals surface area (Å²) in [5.74, 6) is 1.18. The number of aromatic amines is 1. The Morgan fingerprint density at radius 2 is 1.97 bits per heavy atom. The number of H-pyrrole nitrogens is 1. The van der Waals surface area contributed by atoms with Crippen LogP contribution in [0.3, 0.4) is 0 Å². The van der Waals surface area contributed by atoms with Crippen LogP contribution in [-0.4, -0.2) is 47.4 Å². The van der Waals surface area contributed by atoms with Gasteiger partial charge in [-0.2, -0.15) is 5.21 Å². The molecule has 1 atom stereocenters. The molecule has 2 aromatic carbocycles. The summed E-state index contributed by atoms with van der Waals surface area (Å²) in [7, 11) is 3.16. The number of amides is 1. The van der Waals surface area contributed by atoms with Gasteiger partial charge in [0.2, 0.25) is 5.91 Å². The van der Waals surface area contributed by atoms with Crippen LogP contribution in [0.15, 0.2) is 42.5 Å². The number of rotatable bonds is 9. The van der Waals surface area contributed by atoms with E-state index in [2.05, 4.69) is 25.9 Å². The maximum Gasteiger partial charge on any atom is 0.235 e. The van der Waals surface area contributed by atoms with Crippen molar-refractivity contribution in [3.05, 3.63) is 53.9 Å². The molecule has 1 heterocycles. The molecule has 0 aliphatic heterocycles. The number of para-hydroxylation sites is 2. The fraction of sp³-hybridized carbons (Fsp3) is 0.300. The predicted molar refractivity (Wildman–Crippen MR) is 106 cm³/mol. The monoisotopic (exact) mass is 397 g/mol. The van der Waals surface area contributed by atoms with Gasteiger partial charge in [-0.3, -0.25) is 4.79 Å². The molecular formula is C20H23N5O4. The molecule has 0 spiro atoms. The molecule has 0 saturated heterocycles. The molecule has 0 unspecified atom stereocenters. The highest BCUT2D eigenvalue weighted by atomic mass is 16.5. The minimum atomic E-state index is -0.704. The third-order valence-corrected chi connectivity index (χ3v) is 4.35. The van der Waals surface area contributed by atoms with Crippen LogP contribution in [0.5, 0.6) is 17.2 Å². The molecule has 9 nitrogen and oxygen atoms in total. The molecule has 0 bridgehead atoms. The number of hydrogen-bond donors (Lipinski definition) is 2. The molecule has 0 radical (unpaired) electrons. The molecule has 152 valence electrons. The van der Waals surface area contributed by atoms with Crippen molar-refractivity contribution in [2.75, 3.05) is 26.1 Å². The number of hydrogen-bond acceptors (Lipinski definition) is 7. The molecule has 2 N–H and O–H groups in total. The van der Waals surface area contributed by atoms with E-state index in [0.717, 1.165) is 5.56 Å². The van der Waals surface area contributed by atoms with Crippen LogP contribution in [0.25, 0.3) is 0 Å². The van der Waals surface area contributed by atoms with Crippen molar-refractivity contribution in [3.63, 3.8) is 0 Å². The Bertz CT molecular complexity index is 946. The standard InChI is InChI=1S/C20H23N5O4/c1-4-29-18-8-6-5-7-16(18)21-20(26)15(19-22-24-25-23-19)12-13-11-14(27-2)9-10-17(13)28-3/h5-11,15H,4,12H2,1-3H3,(H,21,26)(H,22,23,24,25)/t15-/m0/s1. The molecule has 0 aliphatic rings. The van der Waals surface area contributed by atoms with Crippen molar-refractivity contribution in [2.24, 2.45) is 0 Å². The van der Waals surface area contributed by atoms with Crippen molar-refractivity contribution < 1.29 is 19.0 Å². The van der Waals surface area contributed by atoms with Gasteiger partial charge in [0.05, 0.1) is 26.5 Å². The number of aromatic nitrogens is 4. The lowest BCUT2D eigenvalue weighted by molar-refractivity contribution is -0.117. The SMILES string of the molecule is CCOc1ccccc1NC(=O)[C@@H](Cc1cc(OC)ccc1OC)c1nn[nH]n1. The number of ether oxygens (including phenoxy) is 3. The second-order valence-corrected chi connectivity index (χ2v) is 6.12. The Labute approximate surface area is 168 Å². The van der Waals surface area contributed by atoms with Gasteiger partial charge in [0.1, 0.15) is 23.2 Å². The van der Waals surface area contributed by atoms with Crippen LogP contribution in [0.1, 0.15) is 24.2 Å². The van der Waals surface area contributed by atoms with E-state index in [1.807, 2.05) is 25.1 Å². The van der Waals surface area contributed by atoms with E-state index in [9.17, 15) is 4.79 Å². The normalized spacial score (nSPS) is 11.6. The maximum absolute atomic E-state index is 13.2. The summed E-state index contributed by atoms with van der Waals surface area (Å²) < 4.78 is 16.3. The van der Waals surface area contributed by atoms with Gasteiger partial charge in [-0.05, 0) is 49.2 Å². The highest BCUT2D eigenvalue weighted by Gasteiger charge is 2.27. The van der Waals surface area contributed by atoms with Crippen molar-refractivity contribution >= 4 is 11.6 Å². The summed E-state index contributed by atoms with van der Waals surface area (Å²) in [6.45, 7) is 2.37. The Morgan fingerprint density at radius 1 is 1.14 bits per heavy atom. The first-order chi connectivity index (χ1) is 14.2. The van der Waals surface area contributed by atoms with E-state index in [1.165, 1.54) is 0 Å². The molecule has 9 heteroatoms. The van der Waals surface area contributed by atoms with Gasteiger partial charge in [0.25, 0.3) is 0 Å².